The van der Waals surface area contributed by atoms with Crippen molar-refractivity contribution in [2.75, 3.05) is 25.4 Å². The quantitative estimate of drug-likeness (QED) is 0.788. The molecule has 0 spiro atoms. The van der Waals surface area contributed by atoms with Gasteiger partial charge in [-0.2, -0.15) is 0 Å². The molecule has 0 N–H and O–H groups in total. The van der Waals surface area contributed by atoms with Gasteiger partial charge in [-0.3, -0.25) is 4.79 Å². The van der Waals surface area contributed by atoms with Crippen molar-refractivity contribution in [2.45, 2.75) is 70.3 Å². The molecule has 0 bridgehead atoms. The maximum atomic E-state index is 12.7. The average Bonchev–Trinajstić information content (AvgIpc) is 2.81. The molecule has 1 amide bonds. The van der Waals surface area contributed by atoms with Crippen LogP contribution in [0.5, 0.6) is 0 Å². The predicted molar refractivity (Wildman–Crippen MR) is 90.5 cm³/mol. The molecule has 1 aliphatic carbocycles. The molecule has 0 unspecified atom stereocenters. The van der Waals surface area contributed by atoms with Gasteiger partial charge in [-0.1, -0.05) is 19.3 Å². The second-order valence-electron chi connectivity index (χ2n) is 7.46. The summed E-state index contributed by atoms with van der Waals surface area (Å²) in [6, 6.07) is 0.250. The third kappa shape index (κ3) is 4.27. The van der Waals surface area contributed by atoms with Gasteiger partial charge < -0.3 is 4.90 Å². The van der Waals surface area contributed by atoms with Crippen molar-refractivity contribution in [1.82, 2.24) is 9.21 Å². The number of sulfonamides is 1. The first-order chi connectivity index (χ1) is 11.1. The Balaban J connectivity index is 1.57. The number of likely N-dealkylation sites (tertiary alicyclic amines) is 1. The second kappa shape index (κ2) is 7.51. The van der Waals surface area contributed by atoms with E-state index in [1.165, 1.54) is 19.3 Å². The molecule has 0 aromatic heterocycles. The first kappa shape index (κ1) is 17.2. The summed E-state index contributed by atoms with van der Waals surface area (Å²) < 4.78 is 27.2. The third-order valence-corrected chi connectivity index (χ3v) is 7.82. The van der Waals surface area contributed by atoms with Crippen molar-refractivity contribution in [3.8, 4) is 0 Å². The van der Waals surface area contributed by atoms with Crippen LogP contribution in [0.15, 0.2) is 0 Å². The Labute approximate surface area is 140 Å². The van der Waals surface area contributed by atoms with E-state index in [2.05, 4.69) is 0 Å². The molecule has 0 radical (unpaired) electrons. The maximum Gasteiger partial charge on any atom is 0.222 e. The first-order valence-corrected chi connectivity index (χ1v) is 10.9. The summed E-state index contributed by atoms with van der Waals surface area (Å²) in [5.74, 6) is 0.946. The van der Waals surface area contributed by atoms with E-state index in [0.29, 0.717) is 31.2 Å². The number of amides is 1. The summed E-state index contributed by atoms with van der Waals surface area (Å²) in [5, 5.41) is 0. The molecule has 1 atom stereocenters. The monoisotopic (exact) mass is 342 g/mol. The lowest BCUT2D eigenvalue weighted by Gasteiger charge is -2.27. The van der Waals surface area contributed by atoms with Gasteiger partial charge in [0.05, 0.1) is 5.75 Å². The van der Waals surface area contributed by atoms with Gasteiger partial charge in [-0.25, -0.2) is 12.7 Å². The number of carbonyl (C=O) groups is 1. The molecule has 2 saturated heterocycles. The molecular formula is C17H30N2O3S. The molecule has 6 heteroatoms. The molecule has 5 nitrogen and oxygen atoms in total. The SMILES string of the molecule is O=C1CCCN1[C@H]1CCCN(S(=O)(=O)CC2CCCCC2)CC1. The van der Waals surface area contributed by atoms with Crippen LogP contribution in [-0.4, -0.2) is 55.0 Å². The molecule has 3 rings (SSSR count). The normalized spacial score (nSPS) is 29.0. The van der Waals surface area contributed by atoms with E-state index in [-0.39, 0.29) is 11.9 Å². The van der Waals surface area contributed by atoms with Gasteiger partial charge in [-0.15, -0.1) is 0 Å². The number of rotatable bonds is 4. The molecule has 2 heterocycles. The summed E-state index contributed by atoms with van der Waals surface area (Å²) in [4.78, 5) is 13.9. The van der Waals surface area contributed by atoms with Crippen molar-refractivity contribution in [1.29, 1.82) is 0 Å². The van der Waals surface area contributed by atoms with Crippen molar-refractivity contribution >= 4 is 15.9 Å². The minimum atomic E-state index is -3.14. The van der Waals surface area contributed by atoms with Crippen LogP contribution in [0.4, 0.5) is 0 Å². The van der Waals surface area contributed by atoms with Gasteiger partial charge in [0.25, 0.3) is 0 Å². The molecule has 0 aromatic rings. The van der Waals surface area contributed by atoms with Crippen LogP contribution in [0.3, 0.4) is 0 Å². The highest BCUT2D eigenvalue weighted by Crippen LogP contribution is 2.28. The van der Waals surface area contributed by atoms with E-state index >= 15 is 0 Å². The molecule has 3 aliphatic rings. The van der Waals surface area contributed by atoms with Crippen LogP contribution in [0.2, 0.25) is 0 Å². The minimum Gasteiger partial charge on any atom is -0.340 e. The molecule has 23 heavy (non-hydrogen) atoms. The highest BCUT2D eigenvalue weighted by atomic mass is 32.2. The van der Waals surface area contributed by atoms with Crippen LogP contribution >= 0.6 is 0 Å². The van der Waals surface area contributed by atoms with Gasteiger partial charge in [0.1, 0.15) is 0 Å². The summed E-state index contributed by atoms with van der Waals surface area (Å²) in [5.41, 5.74) is 0. The van der Waals surface area contributed by atoms with Gasteiger partial charge in [-0.05, 0) is 44.4 Å². The largest absolute Gasteiger partial charge is 0.340 e. The lowest BCUT2D eigenvalue weighted by molar-refractivity contribution is -0.129. The molecule has 132 valence electrons. The smallest absolute Gasteiger partial charge is 0.222 e. The van der Waals surface area contributed by atoms with Crippen molar-refractivity contribution in [2.24, 2.45) is 5.92 Å². The Morgan fingerprint density at radius 3 is 2.35 bits per heavy atom. The Morgan fingerprint density at radius 1 is 0.870 bits per heavy atom. The van der Waals surface area contributed by atoms with Gasteiger partial charge in [0, 0.05) is 32.1 Å². The van der Waals surface area contributed by atoms with E-state index < -0.39 is 10.0 Å². The topological polar surface area (TPSA) is 57.7 Å². The lowest BCUT2D eigenvalue weighted by Crippen LogP contribution is -2.39. The van der Waals surface area contributed by atoms with Crippen molar-refractivity contribution in [3.05, 3.63) is 0 Å². The second-order valence-corrected chi connectivity index (χ2v) is 9.47. The van der Waals surface area contributed by atoms with Gasteiger partial charge >= 0.3 is 0 Å². The summed E-state index contributed by atoms with van der Waals surface area (Å²) in [6.45, 7) is 2.08. The Bertz CT molecular complexity index is 514. The fourth-order valence-electron chi connectivity index (χ4n) is 4.45. The minimum absolute atomic E-state index is 0.250. The molecule has 3 fully saturated rings. The standard InChI is InChI=1S/C17H30N2O3S/c20-17-9-5-12-19(17)16-8-4-11-18(13-10-16)23(21,22)14-15-6-2-1-3-7-15/h15-16H,1-14H2/t16-/m0/s1. The van der Waals surface area contributed by atoms with Crippen LogP contribution < -0.4 is 0 Å². The van der Waals surface area contributed by atoms with Crippen LogP contribution in [-0.2, 0) is 14.8 Å². The number of hydrogen-bond acceptors (Lipinski definition) is 3. The molecule has 0 aromatic carbocycles. The number of carbonyl (C=O) groups excluding carboxylic acids is 1. The number of nitrogens with zero attached hydrogens (tertiary/aromatic N) is 2. The van der Waals surface area contributed by atoms with Gasteiger partial charge in [0.15, 0.2) is 0 Å². The van der Waals surface area contributed by atoms with Crippen LogP contribution in [0, 0.1) is 5.92 Å². The summed E-state index contributed by atoms with van der Waals surface area (Å²) in [6.07, 6.45) is 9.99. The van der Waals surface area contributed by atoms with E-state index in [0.717, 1.165) is 45.1 Å². The van der Waals surface area contributed by atoms with E-state index in [1.807, 2.05) is 4.90 Å². The highest BCUT2D eigenvalue weighted by molar-refractivity contribution is 7.89. The fourth-order valence-corrected chi connectivity index (χ4v) is 6.39. The molecular weight excluding hydrogens is 312 g/mol. The Kier molecular flexibility index (Phi) is 5.62. The summed E-state index contributed by atoms with van der Waals surface area (Å²) in [7, 11) is -3.14. The fraction of sp³-hybridized carbons (Fsp3) is 0.941. The van der Waals surface area contributed by atoms with Crippen molar-refractivity contribution < 1.29 is 13.2 Å². The van der Waals surface area contributed by atoms with Crippen LogP contribution in [0.1, 0.15) is 64.2 Å². The Morgan fingerprint density at radius 2 is 1.65 bits per heavy atom. The van der Waals surface area contributed by atoms with Crippen molar-refractivity contribution in [3.63, 3.8) is 0 Å². The van der Waals surface area contributed by atoms with Crippen LogP contribution in [0.25, 0.3) is 0 Å². The predicted octanol–water partition coefficient (Wildman–Crippen LogP) is 2.37. The zero-order chi connectivity index (χ0) is 16.3. The number of hydrogen-bond donors (Lipinski definition) is 0. The third-order valence-electron chi connectivity index (χ3n) is 5.77. The maximum absolute atomic E-state index is 12.7. The highest BCUT2D eigenvalue weighted by Gasteiger charge is 2.33. The van der Waals surface area contributed by atoms with E-state index in [9.17, 15) is 13.2 Å². The Hall–Kier alpha value is -0.620. The zero-order valence-corrected chi connectivity index (χ0v) is 14.9. The lowest BCUT2D eigenvalue weighted by atomic mass is 9.91. The zero-order valence-electron chi connectivity index (χ0n) is 14.1. The molecule has 1 saturated carbocycles. The summed E-state index contributed by atoms with van der Waals surface area (Å²) >= 11 is 0. The first-order valence-electron chi connectivity index (χ1n) is 9.33. The van der Waals surface area contributed by atoms with E-state index in [1.54, 1.807) is 4.31 Å². The molecule has 2 aliphatic heterocycles. The average molecular weight is 343 g/mol. The van der Waals surface area contributed by atoms with E-state index in [4.69, 9.17) is 0 Å². The van der Waals surface area contributed by atoms with Gasteiger partial charge in [0.2, 0.25) is 15.9 Å².